The predicted octanol–water partition coefficient (Wildman–Crippen LogP) is 3.15. The van der Waals surface area contributed by atoms with E-state index in [4.69, 9.17) is 4.74 Å². The van der Waals surface area contributed by atoms with Gasteiger partial charge in [-0.3, -0.25) is 0 Å². The molecular weight excluding hydrogens is 310 g/mol. The van der Waals surface area contributed by atoms with Crippen molar-refractivity contribution in [3.8, 4) is 0 Å². The van der Waals surface area contributed by atoms with Crippen LogP contribution >= 0.6 is 0 Å². The Kier molecular flexibility index (Phi) is 4.53. The summed E-state index contributed by atoms with van der Waals surface area (Å²) in [4.78, 5) is 0.320. The monoisotopic (exact) mass is 331 g/mol. The maximum absolute atomic E-state index is 13.1. The molecule has 2 aromatic rings. The van der Waals surface area contributed by atoms with E-state index in [0.717, 1.165) is 11.1 Å². The molecule has 1 aliphatic heterocycles. The summed E-state index contributed by atoms with van der Waals surface area (Å²) >= 11 is 0. The van der Waals surface area contributed by atoms with Gasteiger partial charge in [-0.15, -0.1) is 0 Å². The maximum atomic E-state index is 13.1. The summed E-state index contributed by atoms with van der Waals surface area (Å²) in [6, 6.07) is 16.2. The largest absolute Gasteiger partial charge is 0.372 e. The molecule has 1 heterocycles. The first kappa shape index (κ1) is 16.2. The molecule has 0 saturated carbocycles. The second kappa shape index (κ2) is 6.43. The molecule has 0 amide bonds. The average molecular weight is 331 g/mol. The third-order valence-electron chi connectivity index (χ3n) is 4.21. The van der Waals surface area contributed by atoms with Crippen molar-refractivity contribution in [1.82, 2.24) is 4.31 Å². The number of aryl methyl sites for hydroxylation is 1. The van der Waals surface area contributed by atoms with E-state index in [9.17, 15) is 8.42 Å². The summed E-state index contributed by atoms with van der Waals surface area (Å²) in [6.07, 6.45) is -0.0000411. The van der Waals surface area contributed by atoms with E-state index in [1.165, 1.54) is 0 Å². The molecule has 0 radical (unpaired) electrons. The Labute approximate surface area is 137 Å². The number of benzene rings is 2. The van der Waals surface area contributed by atoms with Gasteiger partial charge in [0.15, 0.2) is 0 Å². The Balaban J connectivity index is 1.99. The molecule has 0 aliphatic carbocycles. The summed E-state index contributed by atoms with van der Waals surface area (Å²) in [7, 11) is -3.57. The Bertz CT molecular complexity index is 770. The van der Waals surface area contributed by atoms with Crippen LogP contribution in [-0.4, -0.2) is 32.0 Å². The molecule has 122 valence electrons. The van der Waals surface area contributed by atoms with Crippen molar-refractivity contribution < 1.29 is 13.2 Å². The Hall–Kier alpha value is -1.69. The number of rotatable bonds is 6. The van der Waals surface area contributed by atoms with Crippen LogP contribution < -0.4 is 0 Å². The molecule has 4 nitrogen and oxygen atoms in total. The first-order valence-corrected chi connectivity index (χ1v) is 9.18. The number of hydrogen-bond donors (Lipinski definition) is 0. The van der Waals surface area contributed by atoms with Crippen LogP contribution in [0.15, 0.2) is 59.5 Å². The van der Waals surface area contributed by atoms with Crippen LogP contribution in [0, 0.1) is 6.92 Å². The highest BCUT2D eigenvalue weighted by Gasteiger charge is 2.36. The van der Waals surface area contributed by atoms with Crippen LogP contribution in [0.5, 0.6) is 0 Å². The van der Waals surface area contributed by atoms with E-state index in [0.29, 0.717) is 18.0 Å². The van der Waals surface area contributed by atoms with Gasteiger partial charge < -0.3 is 4.74 Å². The van der Waals surface area contributed by atoms with Crippen LogP contribution in [-0.2, 0) is 14.8 Å². The van der Waals surface area contributed by atoms with E-state index < -0.39 is 10.0 Å². The van der Waals surface area contributed by atoms with Crippen molar-refractivity contribution >= 4 is 10.0 Å². The van der Waals surface area contributed by atoms with E-state index >= 15 is 0 Å². The molecule has 0 N–H and O–H groups in total. The highest BCUT2D eigenvalue weighted by Crippen LogP contribution is 2.31. The molecule has 23 heavy (non-hydrogen) atoms. The lowest BCUT2D eigenvalue weighted by Gasteiger charge is -2.29. The number of hydrogen-bond acceptors (Lipinski definition) is 3. The van der Waals surface area contributed by atoms with E-state index in [2.05, 4.69) is 0 Å². The van der Waals surface area contributed by atoms with Gasteiger partial charge in [-0.2, -0.15) is 4.31 Å². The number of nitrogens with zero attached hydrogens (tertiary/aromatic N) is 1. The number of sulfonamides is 1. The molecule has 0 bridgehead atoms. The van der Waals surface area contributed by atoms with Gasteiger partial charge in [0, 0.05) is 12.6 Å². The summed E-state index contributed by atoms with van der Waals surface area (Å²) in [5.41, 5.74) is 2.11. The smallest absolute Gasteiger partial charge is 0.243 e. The molecule has 3 rings (SSSR count). The molecule has 2 atom stereocenters. The molecule has 2 aromatic carbocycles. The zero-order chi connectivity index (χ0) is 16.4. The molecule has 0 spiro atoms. The second-order valence-electron chi connectivity index (χ2n) is 5.88. The lowest BCUT2D eigenvalue weighted by molar-refractivity contribution is 0.295. The van der Waals surface area contributed by atoms with E-state index in [1.54, 1.807) is 28.6 Å². The van der Waals surface area contributed by atoms with Crippen molar-refractivity contribution in [1.29, 1.82) is 0 Å². The fourth-order valence-electron chi connectivity index (χ4n) is 2.78. The van der Waals surface area contributed by atoms with Gasteiger partial charge in [0.05, 0.1) is 17.6 Å². The molecule has 0 aromatic heterocycles. The van der Waals surface area contributed by atoms with Gasteiger partial charge in [-0.05, 0) is 37.1 Å². The van der Waals surface area contributed by atoms with Crippen LogP contribution in [0.2, 0.25) is 0 Å². The Morgan fingerprint density at radius 3 is 2.35 bits per heavy atom. The lowest BCUT2D eigenvalue weighted by atomic mass is 10.0. The van der Waals surface area contributed by atoms with Crippen LogP contribution in [0.1, 0.15) is 24.1 Å². The van der Waals surface area contributed by atoms with Crippen LogP contribution in [0.4, 0.5) is 0 Å². The second-order valence-corrected chi connectivity index (χ2v) is 7.77. The SMILES string of the molecule is Cc1ccccc1C(C)N(CC1CO1)S(=O)(=O)c1ccccc1. The highest BCUT2D eigenvalue weighted by atomic mass is 32.2. The molecule has 5 heteroatoms. The minimum absolute atomic E-state index is 0.0000411. The number of ether oxygens (including phenoxy) is 1. The van der Waals surface area contributed by atoms with E-state index in [1.807, 2.05) is 44.2 Å². The Morgan fingerprint density at radius 1 is 1.13 bits per heavy atom. The van der Waals surface area contributed by atoms with Crippen LogP contribution in [0.3, 0.4) is 0 Å². The fourth-order valence-corrected chi connectivity index (χ4v) is 4.44. The van der Waals surface area contributed by atoms with Crippen molar-refractivity contribution in [3.63, 3.8) is 0 Å². The topological polar surface area (TPSA) is 49.9 Å². The number of epoxide rings is 1. The highest BCUT2D eigenvalue weighted by molar-refractivity contribution is 7.89. The minimum atomic E-state index is -3.57. The molecule has 1 fully saturated rings. The summed E-state index contributed by atoms with van der Waals surface area (Å²) in [5.74, 6) is 0. The first-order chi connectivity index (χ1) is 11.0. The first-order valence-electron chi connectivity index (χ1n) is 7.74. The normalized spacial score (nSPS) is 18.8. The predicted molar refractivity (Wildman–Crippen MR) is 89.7 cm³/mol. The van der Waals surface area contributed by atoms with Gasteiger partial charge in [0.2, 0.25) is 10.0 Å². The molecular formula is C18H21NO3S. The zero-order valence-electron chi connectivity index (χ0n) is 13.3. The Morgan fingerprint density at radius 2 is 1.74 bits per heavy atom. The van der Waals surface area contributed by atoms with Gasteiger partial charge >= 0.3 is 0 Å². The summed E-state index contributed by atoms with van der Waals surface area (Å²) in [5, 5.41) is 0. The third-order valence-corrected chi connectivity index (χ3v) is 6.16. The quantitative estimate of drug-likeness (QED) is 0.764. The molecule has 1 aliphatic rings. The van der Waals surface area contributed by atoms with Crippen molar-refractivity contribution in [2.75, 3.05) is 13.2 Å². The maximum Gasteiger partial charge on any atom is 0.243 e. The van der Waals surface area contributed by atoms with Gasteiger partial charge in [-0.1, -0.05) is 42.5 Å². The third kappa shape index (κ3) is 3.47. The van der Waals surface area contributed by atoms with Crippen molar-refractivity contribution in [2.45, 2.75) is 30.9 Å². The lowest BCUT2D eigenvalue weighted by Crippen LogP contribution is -2.36. The fraction of sp³-hybridized carbons (Fsp3) is 0.333. The molecule has 1 saturated heterocycles. The van der Waals surface area contributed by atoms with E-state index in [-0.39, 0.29) is 12.1 Å². The summed E-state index contributed by atoms with van der Waals surface area (Å²) in [6.45, 7) is 4.95. The standard InChI is InChI=1S/C18H21NO3S/c1-14-8-6-7-11-18(14)15(2)19(12-16-13-22-16)23(20,21)17-9-4-3-5-10-17/h3-11,15-16H,12-13H2,1-2H3. The average Bonchev–Trinajstić information content (AvgIpc) is 3.37. The summed E-state index contributed by atoms with van der Waals surface area (Å²) < 4.78 is 33.0. The van der Waals surface area contributed by atoms with Gasteiger partial charge in [0.1, 0.15) is 0 Å². The van der Waals surface area contributed by atoms with Crippen molar-refractivity contribution in [2.24, 2.45) is 0 Å². The van der Waals surface area contributed by atoms with Gasteiger partial charge in [0.25, 0.3) is 0 Å². The molecule has 2 unspecified atom stereocenters. The van der Waals surface area contributed by atoms with Crippen LogP contribution in [0.25, 0.3) is 0 Å². The van der Waals surface area contributed by atoms with Crippen molar-refractivity contribution in [3.05, 3.63) is 65.7 Å². The minimum Gasteiger partial charge on any atom is -0.372 e. The zero-order valence-corrected chi connectivity index (χ0v) is 14.2. The van der Waals surface area contributed by atoms with Gasteiger partial charge in [-0.25, -0.2) is 8.42 Å².